The standard InChI is InChI=1S/C27H20ClF6N5O/c28-20-7-2-1-6-19(20)22-9-5-11-38(22)25(40)23-24(21-8-3-4-10-35-21)39(37-36-23)15-16-12-17(26(29,30)31)14-18(13-16)27(32,33)34/h1-4,6-8,10,12-14,22H,5,9,11,15H2. The molecule has 0 radical (unpaired) electrons. The highest BCUT2D eigenvalue weighted by atomic mass is 35.5. The molecule has 2 aromatic heterocycles. The molecule has 1 amide bonds. The lowest BCUT2D eigenvalue weighted by Crippen LogP contribution is -2.31. The minimum absolute atomic E-state index is 0.0572. The van der Waals surface area contributed by atoms with E-state index in [1.54, 1.807) is 35.2 Å². The number of rotatable bonds is 5. The second-order valence-corrected chi connectivity index (χ2v) is 9.66. The van der Waals surface area contributed by atoms with Crippen LogP contribution in [0.3, 0.4) is 0 Å². The molecule has 1 saturated heterocycles. The maximum absolute atomic E-state index is 13.8. The molecule has 1 aliphatic heterocycles. The molecule has 1 unspecified atom stereocenters. The molecule has 208 valence electrons. The molecular formula is C27H20ClF6N5O. The van der Waals surface area contributed by atoms with Gasteiger partial charge in [-0.3, -0.25) is 9.78 Å². The zero-order valence-corrected chi connectivity index (χ0v) is 21.3. The van der Waals surface area contributed by atoms with Gasteiger partial charge in [-0.05, 0) is 60.4 Å². The van der Waals surface area contributed by atoms with Crippen LogP contribution in [0.4, 0.5) is 26.3 Å². The van der Waals surface area contributed by atoms with E-state index in [1.807, 2.05) is 12.1 Å². The normalized spacial score (nSPS) is 16.0. The van der Waals surface area contributed by atoms with Gasteiger partial charge in [0.1, 0.15) is 5.69 Å². The fourth-order valence-corrected chi connectivity index (χ4v) is 5.08. The Morgan fingerprint density at radius 1 is 0.950 bits per heavy atom. The molecule has 4 aromatic rings. The number of amides is 1. The van der Waals surface area contributed by atoms with E-state index in [2.05, 4.69) is 15.3 Å². The number of hydrogen-bond acceptors (Lipinski definition) is 4. The summed E-state index contributed by atoms with van der Waals surface area (Å²) in [7, 11) is 0. The van der Waals surface area contributed by atoms with Crippen molar-refractivity contribution in [2.24, 2.45) is 0 Å². The van der Waals surface area contributed by atoms with Crippen molar-refractivity contribution in [3.8, 4) is 11.4 Å². The Morgan fingerprint density at radius 3 is 2.25 bits per heavy atom. The van der Waals surface area contributed by atoms with Gasteiger partial charge in [0, 0.05) is 17.8 Å². The highest BCUT2D eigenvalue weighted by Gasteiger charge is 2.38. The van der Waals surface area contributed by atoms with Gasteiger partial charge < -0.3 is 4.90 Å². The van der Waals surface area contributed by atoms with Gasteiger partial charge in [0.15, 0.2) is 5.69 Å². The summed E-state index contributed by atoms with van der Waals surface area (Å²) in [5.74, 6) is -0.505. The summed E-state index contributed by atoms with van der Waals surface area (Å²) in [5, 5.41) is 8.49. The van der Waals surface area contributed by atoms with Gasteiger partial charge in [-0.25, -0.2) is 4.68 Å². The van der Waals surface area contributed by atoms with Crippen LogP contribution in [0.5, 0.6) is 0 Å². The molecule has 2 aromatic carbocycles. The molecule has 0 aliphatic carbocycles. The number of halogens is 7. The third kappa shape index (κ3) is 5.53. The maximum Gasteiger partial charge on any atom is 0.416 e. The summed E-state index contributed by atoms with van der Waals surface area (Å²) in [5.41, 5.74) is -2.29. The summed E-state index contributed by atoms with van der Waals surface area (Å²) in [4.78, 5) is 19.7. The van der Waals surface area contributed by atoms with Crippen LogP contribution in [0, 0.1) is 0 Å². The molecule has 13 heteroatoms. The van der Waals surface area contributed by atoms with Crippen LogP contribution in [-0.2, 0) is 18.9 Å². The van der Waals surface area contributed by atoms with Gasteiger partial charge >= 0.3 is 12.4 Å². The smallest absolute Gasteiger partial charge is 0.330 e. The first-order valence-electron chi connectivity index (χ1n) is 12.1. The van der Waals surface area contributed by atoms with Gasteiger partial charge in [0.05, 0.1) is 29.4 Å². The number of nitrogens with zero attached hydrogens (tertiary/aromatic N) is 5. The van der Waals surface area contributed by atoms with Crippen molar-refractivity contribution in [2.45, 2.75) is 37.8 Å². The predicted octanol–water partition coefficient (Wildman–Crippen LogP) is 7.06. The Hall–Kier alpha value is -3.93. The minimum atomic E-state index is -5.01. The minimum Gasteiger partial charge on any atom is -0.330 e. The molecule has 0 spiro atoms. The number of alkyl halides is 6. The van der Waals surface area contributed by atoms with E-state index >= 15 is 0 Å². The maximum atomic E-state index is 13.8. The van der Waals surface area contributed by atoms with Crippen molar-refractivity contribution in [3.63, 3.8) is 0 Å². The van der Waals surface area contributed by atoms with E-state index < -0.39 is 35.9 Å². The number of carbonyl (C=O) groups is 1. The molecule has 0 N–H and O–H groups in total. The van der Waals surface area contributed by atoms with Crippen LogP contribution >= 0.6 is 11.6 Å². The third-order valence-corrected chi connectivity index (χ3v) is 6.95. The molecular weight excluding hydrogens is 560 g/mol. The van der Waals surface area contributed by atoms with Crippen LogP contribution in [0.2, 0.25) is 5.02 Å². The summed E-state index contributed by atoms with van der Waals surface area (Å²) >= 11 is 6.39. The molecule has 5 rings (SSSR count). The van der Waals surface area contributed by atoms with Gasteiger partial charge in [0.2, 0.25) is 0 Å². The quantitative estimate of drug-likeness (QED) is 0.238. The average Bonchev–Trinajstić information content (AvgIpc) is 3.56. The van der Waals surface area contributed by atoms with Crippen molar-refractivity contribution in [3.05, 3.63) is 99.8 Å². The van der Waals surface area contributed by atoms with Crippen LogP contribution in [0.15, 0.2) is 66.9 Å². The zero-order chi connectivity index (χ0) is 28.7. The summed E-state index contributed by atoms with van der Waals surface area (Å²) in [6.07, 6.45) is -7.24. The molecule has 1 atom stereocenters. The number of pyridine rings is 1. The molecule has 0 bridgehead atoms. The predicted molar refractivity (Wildman–Crippen MR) is 133 cm³/mol. The van der Waals surface area contributed by atoms with Gasteiger partial charge in [-0.1, -0.05) is 41.1 Å². The fraction of sp³-hybridized carbons (Fsp3) is 0.259. The Balaban J connectivity index is 1.57. The van der Waals surface area contributed by atoms with Crippen LogP contribution in [-0.4, -0.2) is 37.3 Å². The van der Waals surface area contributed by atoms with Gasteiger partial charge in [0.25, 0.3) is 5.91 Å². The lowest BCUT2D eigenvalue weighted by atomic mass is 10.0. The summed E-state index contributed by atoms with van der Waals surface area (Å²) in [6.45, 7) is -0.126. The number of hydrogen-bond donors (Lipinski definition) is 0. The Labute approximate surface area is 229 Å². The molecule has 1 aliphatic rings. The number of aromatic nitrogens is 4. The van der Waals surface area contributed by atoms with Gasteiger partial charge in [-0.2, -0.15) is 26.3 Å². The van der Waals surface area contributed by atoms with E-state index in [1.165, 1.54) is 6.20 Å². The van der Waals surface area contributed by atoms with E-state index in [4.69, 9.17) is 11.6 Å². The van der Waals surface area contributed by atoms with E-state index in [0.717, 1.165) is 10.2 Å². The number of carbonyl (C=O) groups excluding carboxylic acids is 1. The first-order chi connectivity index (χ1) is 18.9. The monoisotopic (exact) mass is 579 g/mol. The van der Waals surface area contributed by atoms with Crippen LogP contribution in [0.1, 0.15) is 51.6 Å². The van der Waals surface area contributed by atoms with Crippen LogP contribution < -0.4 is 0 Å². The van der Waals surface area contributed by atoms with Crippen molar-refractivity contribution < 1.29 is 31.1 Å². The molecule has 0 saturated carbocycles. The average molecular weight is 580 g/mol. The van der Waals surface area contributed by atoms with E-state index in [9.17, 15) is 31.1 Å². The zero-order valence-electron chi connectivity index (χ0n) is 20.5. The second-order valence-electron chi connectivity index (χ2n) is 9.25. The third-order valence-electron chi connectivity index (χ3n) is 6.60. The molecule has 3 heterocycles. The van der Waals surface area contributed by atoms with Gasteiger partial charge in [-0.15, -0.1) is 5.10 Å². The van der Waals surface area contributed by atoms with E-state index in [0.29, 0.717) is 36.5 Å². The second kappa shape index (κ2) is 10.6. The lowest BCUT2D eigenvalue weighted by molar-refractivity contribution is -0.143. The Kier molecular flexibility index (Phi) is 7.30. The largest absolute Gasteiger partial charge is 0.416 e. The number of benzene rings is 2. The van der Waals surface area contributed by atoms with Crippen molar-refractivity contribution in [1.29, 1.82) is 0 Å². The summed E-state index contributed by atoms with van der Waals surface area (Å²) < 4.78 is 81.7. The van der Waals surface area contributed by atoms with E-state index in [-0.39, 0.29) is 34.8 Å². The lowest BCUT2D eigenvalue weighted by Gasteiger charge is -2.25. The SMILES string of the molecule is O=C(c1nnn(Cc2cc(C(F)(F)F)cc(C(F)(F)F)c2)c1-c1ccccn1)N1CCCC1c1ccccc1Cl. The Morgan fingerprint density at radius 2 is 1.62 bits per heavy atom. The van der Waals surface area contributed by atoms with Crippen molar-refractivity contribution in [1.82, 2.24) is 24.9 Å². The van der Waals surface area contributed by atoms with Crippen molar-refractivity contribution >= 4 is 17.5 Å². The molecule has 40 heavy (non-hydrogen) atoms. The fourth-order valence-electron chi connectivity index (χ4n) is 4.82. The highest BCUT2D eigenvalue weighted by Crippen LogP contribution is 2.39. The topological polar surface area (TPSA) is 63.9 Å². The number of likely N-dealkylation sites (tertiary alicyclic amines) is 1. The molecule has 1 fully saturated rings. The first-order valence-corrected chi connectivity index (χ1v) is 12.5. The van der Waals surface area contributed by atoms with Crippen molar-refractivity contribution in [2.75, 3.05) is 6.54 Å². The first kappa shape index (κ1) is 27.6. The summed E-state index contributed by atoms with van der Waals surface area (Å²) in [6, 6.07) is 12.9. The molecule has 6 nitrogen and oxygen atoms in total. The Bertz CT molecular complexity index is 1500. The highest BCUT2D eigenvalue weighted by molar-refractivity contribution is 6.31. The van der Waals surface area contributed by atoms with Crippen LogP contribution in [0.25, 0.3) is 11.4 Å².